The van der Waals surface area contributed by atoms with Gasteiger partial charge in [0.2, 0.25) is 0 Å². The number of alkyl halides is 12. The van der Waals surface area contributed by atoms with E-state index in [1.54, 1.807) is 82.0 Å². The number of carbonyl (C=O) groups is 2. The fourth-order valence-corrected chi connectivity index (χ4v) is 10.9. The van der Waals surface area contributed by atoms with Gasteiger partial charge in [-0.1, -0.05) is 91.0 Å². The highest BCUT2D eigenvalue weighted by atomic mass is 19.4. The van der Waals surface area contributed by atoms with Gasteiger partial charge in [0.25, 0.3) is 11.2 Å². The van der Waals surface area contributed by atoms with Gasteiger partial charge in [0.05, 0.1) is 18.6 Å². The molecular weight excluding hydrogens is 1150 g/mol. The predicted octanol–water partition coefficient (Wildman–Crippen LogP) is 11.9. The molecule has 4 heterocycles. The fourth-order valence-electron chi connectivity index (χ4n) is 10.9. The molecular formula is C62H64F12N6O6. The van der Waals surface area contributed by atoms with Crippen LogP contribution >= 0.6 is 0 Å². The molecule has 0 aliphatic carbocycles. The zero-order valence-electron chi connectivity index (χ0n) is 47.0. The molecule has 8 rings (SSSR count). The van der Waals surface area contributed by atoms with E-state index < -0.39 is 77.2 Å². The number of nitrogens with zero attached hydrogens (tertiary/aromatic N) is 6. The van der Waals surface area contributed by atoms with E-state index in [2.05, 4.69) is 24.7 Å². The van der Waals surface area contributed by atoms with Crippen molar-refractivity contribution < 1.29 is 82.0 Å². The zero-order valence-corrected chi connectivity index (χ0v) is 47.0. The molecule has 4 aromatic carbocycles. The van der Waals surface area contributed by atoms with Gasteiger partial charge in [-0.05, 0) is 108 Å². The molecule has 0 bridgehead atoms. The van der Waals surface area contributed by atoms with Gasteiger partial charge in [0.15, 0.2) is 0 Å². The van der Waals surface area contributed by atoms with E-state index in [1.165, 1.54) is 0 Å². The topological polar surface area (TPSA) is 132 Å². The highest BCUT2D eigenvalue weighted by molar-refractivity contribution is 5.76. The van der Waals surface area contributed by atoms with Gasteiger partial charge in [0, 0.05) is 107 Å². The lowest BCUT2D eigenvalue weighted by Crippen LogP contribution is -2.56. The first-order chi connectivity index (χ1) is 40.4. The van der Waals surface area contributed by atoms with E-state index in [9.17, 15) is 72.5 Å². The normalized spacial score (nSPS) is 18.2. The van der Waals surface area contributed by atoms with Crippen LogP contribution in [0.1, 0.15) is 72.1 Å². The van der Waals surface area contributed by atoms with E-state index in [-0.39, 0.29) is 19.0 Å². The molecule has 2 aliphatic rings. The minimum absolute atomic E-state index is 0.0337. The van der Waals surface area contributed by atoms with E-state index in [0.29, 0.717) is 124 Å². The molecule has 12 nitrogen and oxygen atoms in total. The maximum Gasteiger partial charge on any atom is 0.430 e. The minimum atomic E-state index is -6.02. The Morgan fingerprint density at radius 3 is 1.42 bits per heavy atom. The number of pyridine rings is 2. The highest BCUT2D eigenvalue weighted by Gasteiger charge is 2.72. The SMILES string of the molecule is Cc1cc(CN2CCN(Cc3ccncc3)C(C(=O)OC(C)CCC(C)OC(=O)C[C@@H]3CN(Cc4ccncc4)CCN3Cc3ccc(-c4ccc(C(O)(C(F)(F)F)C(F)(F)F)cc4)cc3)C2)ccc1-c1ccc(C(O)(C(F)(F)F)C(F)(F)F)cc1. The Hall–Kier alpha value is -6.96. The van der Waals surface area contributed by atoms with Crippen LogP contribution in [0.2, 0.25) is 0 Å². The molecule has 462 valence electrons. The van der Waals surface area contributed by atoms with Gasteiger partial charge >= 0.3 is 36.6 Å². The van der Waals surface area contributed by atoms with Gasteiger partial charge in [-0.25, -0.2) is 0 Å². The number of benzene rings is 4. The van der Waals surface area contributed by atoms with Crippen molar-refractivity contribution in [1.82, 2.24) is 29.6 Å². The fraction of sp³-hybridized carbons (Fsp3) is 0.419. The molecule has 6 aromatic rings. The number of halogens is 12. The van der Waals surface area contributed by atoms with Crippen LogP contribution in [0.5, 0.6) is 0 Å². The van der Waals surface area contributed by atoms with Crippen molar-refractivity contribution in [3.8, 4) is 22.3 Å². The largest absolute Gasteiger partial charge is 0.463 e. The maximum absolute atomic E-state index is 14.2. The lowest BCUT2D eigenvalue weighted by molar-refractivity contribution is -0.376. The number of rotatable bonds is 20. The first kappa shape index (κ1) is 65.0. The van der Waals surface area contributed by atoms with Gasteiger partial charge in [-0.15, -0.1) is 0 Å². The Labute approximate surface area is 489 Å². The Bertz CT molecular complexity index is 3180. The number of piperazine rings is 2. The van der Waals surface area contributed by atoms with Crippen LogP contribution in [0.4, 0.5) is 52.7 Å². The average molecular weight is 1220 g/mol. The van der Waals surface area contributed by atoms with Crippen LogP contribution in [-0.2, 0) is 56.4 Å². The van der Waals surface area contributed by atoms with Crippen LogP contribution in [0.15, 0.2) is 140 Å². The third-order valence-corrected chi connectivity index (χ3v) is 15.8. The molecule has 86 heavy (non-hydrogen) atoms. The average Bonchev–Trinajstić information content (AvgIpc) is 0.783. The molecule has 4 atom stereocenters. The molecule has 2 fully saturated rings. The van der Waals surface area contributed by atoms with E-state index in [0.717, 1.165) is 46.5 Å². The van der Waals surface area contributed by atoms with Crippen LogP contribution < -0.4 is 0 Å². The second-order valence-corrected chi connectivity index (χ2v) is 22.0. The summed E-state index contributed by atoms with van der Waals surface area (Å²) in [7, 11) is 0. The number of ether oxygens (including phenoxy) is 2. The summed E-state index contributed by atoms with van der Waals surface area (Å²) in [4.78, 5) is 44.7. The molecule has 0 radical (unpaired) electrons. The molecule has 2 saturated heterocycles. The summed E-state index contributed by atoms with van der Waals surface area (Å²) in [5, 5.41) is 19.7. The summed E-state index contributed by atoms with van der Waals surface area (Å²) in [6.45, 7) is 10.2. The first-order valence-corrected chi connectivity index (χ1v) is 27.7. The second kappa shape index (κ2) is 26.6. The smallest absolute Gasteiger partial charge is 0.430 e. The number of aromatic nitrogens is 2. The summed E-state index contributed by atoms with van der Waals surface area (Å²) < 4.78 is 174. The van der Waals surface area contributed by atoms with Crippen molar-refractivity contribution in [3.05, 3.63) is 179 Å². The van der Waals surface area contributed by atoms with Gasteiger partial charge in [-0.2, -0.15) is 52.7 Å². The van der Waals surface area contributed by atoms with Crippen molar-refractivity contribution in [2.75, 3.05) is 39.3 Å². The molecule has 0 amide bonds. The van der Waals surface area contributed by atoms with E-state index in [4.69, 9.17) is 9.47 Å². The van der Waals surface area contributed by atoms with Crippen LogP contribution in [0.25, 0.3) is 22.3 Å². The summed E-state index contributed by atoms with van der Waals surface area (Å²) in [5.41, 5.74) is -6.78. The molecule has 2 aliphatic heterocycles. The standard InChI is InChI=1S/C62H64F12N6O6/c1-40-32-46(8-19-53(40)49-13-17-51(18-14-49)58(84,61(69,70)71)62(72,73)74)35-78-29-31-80(37-45-22-26-76-27-23-45)54(39-78)56(82)86-42(3)5-4-41(2)85-55(81)33-52-38-77(34-44-20-24-75-25-21-44)28-30-79(52)36-43-6-9-47(10-7-43)48-11-15-50(16-12-48)57(83,59(63,64)65)60(66,67)68/h6-27,32,41-42,52,54,83-84H,4-5,28-31,33-39H2,1-3H3/t41?,42?,52-,54?/m1/s1. The second-order valence-electron chi connectivity index (χ2n) is 22.0. The van der Waals surface area contributed by atoms with Crippen molar-refractivity contribution in [2.45, 2.75) is 126 Å². The molecule has 2 aromatic heterocycles. The number of carbonyl (C=O) groups excluding carboxylic acids is 2. The minimum Gasteiger partial charge on any atom is -0.463 e. The van der Waals surface area contributed by atoms with E-state index >= 15 is 0 Å². The van der Waals surface area contributed by atoms with Crippen LogP contribution in [-0.4, -0.2) is 140 Å². The lowest BCUT2D eigenvalue weighted by atomic mass is 9.90. The number of hydrogen-bond acceptors (Lipinski definition) is 12. The number of aliphatic hydroxyl groups is 2. The number of aryl methyl sites for hydroxylation is 1. The van der Waals surface area contributed by atoms with Crippen molar-refractivity contribution in [1.29, 1.82) is 0 Å². The van der Waals surface area contributed by atoms with Crippen molar-refractivity contribution in [3.63, 3.8) is 0 Å². The van der Waals surface area contributed by atoms with Gasteiger partial charge in [-0.3, -0.25) is 39.2 Å². The highest BCUT2D eigenvalue weighted by Crippen LogP contribution is 2.51. The zero-order chi connectivity index (χ0) is 62.4. The van der Waals surface area contributed by atoms with Crippen LogP contribution in [0, 0.1) is 6.92 Å². The molecule has 3 unspecified atom stereocenters. The molecule has 2 N–H and O–H groups in total. The number of esters is 2. The van der Waals surface area contributed by atoms with E-state index in [1.807, 2.05) is 35.2 Å². The quantitative estimate of drug-likeness (QED) is 0.0557. The Balaban J connectivity index is 0.871. The Kier molecular flexibility index (Phi) is 20.1. The van der Waals surface area contributed by atoms with Crippen molar-refractivity contribution >= 4 is 11.9 Å². The van der Waals surface area contributed by atoms with Gasteiger partial charge < -0.3 is 19.7 Å². The molecule has 0 saturated carbocycles. The summed E-state index contributed by atoms with van der Waals surface area (Å²) in [5.74, 6) is -0.895. The predicted molar refractivity (Wildman–Crippen MR) is 293 cm³/mol. The molecule has 24 heteroatoms. The summed E-state index contributed by atoms with van der Waals surface area (Å²) in [6.07, 6.45) is -17.7. The van der Waals surface area contributed by atoms with Crippen LogP contribution in [0.3, 0.4) is 0 Å². The summed E-state index contributed by atoms with van der Waals surface area (Å²) in [6, 6.07) is 25.6. The number of hydrogen-bond donors (Lipinski definition) is 2. The lowest BCUT2D eigenvalue weighted by Gasteiger charge is -2.41. The monoisotopic (exact) mass is 1220 g/mol. The maximum atomic E-state index is 14.2. The third-order valence-electron chi connectivity index (χ3n) is 15.8. The third kappa shape index (κ3) is 15.2. The van der Waals surface area contributed by atoms with Crippen molar-refractivity contribution in [2.24, 2.45) is 0 Å². The first-order valence-electron chi connectivity index (χ1n) is 27.7. The molecule has 0 spiro atoms. The summed E-state index contributed by atoms with van der Waals surface area (Å²) >= 11 is 0. The Morgan fingerprint density at radius 1 is 0.512 bits per heavy atom. The Morgan fingerprint density at radius 2 is 0.919 bits per heavy atom. The van der Waals surface area contributed by atoms with Gasteiger partial charge in [0.1, 0.15) is 6.04 Å².